The molecule has 2 aromatic rings. The lowest BCUT2D eigenvalue weighted by molar-refractivity contribution is -0.204. The van der Waals surface area contributed by atoms with Crippen LogP contribution in [0.25, 0.3) is 0 Å². The molecule has 2 heterocycles. The second-order valence-corrected chi connectivity index (χ2v) is 4.86. The molecule has 11 heteroatoms. The van der Waals surface area contributed by atoms with Gasteiger partial charge in [0.1, 0.15) is 0 Å². The standard InChI is InChI=1S/C15H14F3N5O3/c1-2-26-12(25)14(15(16,17)18,23-13-20-7-4-8-21-13)22-11(24)10-5-3-6-19-9-10/h3-9H,2H2,1H3,(H,22,24)(H,20,21,23)/t14-/m1/s1. The number of nitrogens with one attached hydrogen (secondary N) is 2. The van der Waals surface area contributed by atoms with Crippen molar-refractivity contribution in [1.82, 2.24) is 20.3 Å². The van der Waals surface area contributed by atoms with Gasteiger partial charge in [0.15, 0.2) is 0 Å². The SMILES string of the molecule is CCOC(=O)[C@@](NC(=O)c1cccnc1)(Nc1ncccn1)C(F)(F)F. The van der Waals surface area contributed by atoms with Gasteiger partial charge >= 0.3 is 17.8 Å². The van der Waals surface area contributed by atoms with Crippen LogP contribution in [-0.2, 0) is 9.53 Å². The molecule has 0 spiro atoms. The summed E-state index contributed by atoms with van der Waals surface area (Å²) in [5.74, 6) is -3.46. The van der Waals surface area contributed by atoms with Crippen molar-refractivity contribution in [2.75, 3.05) is 11.9 Å². The van der Waals surface area contributed by atoms with Gasteiger partial charge in [-0.05, 0) is 25.1 Å². The van der Waals surface area contributed by atoms with Crippen LogP contribution >= 0.6 is 0 Å². The molecule has 138 valence electrons. The third-order valence-electron chi connectivity index (χ3n) is 3.10. The summed E-state index contributed by atoms with van der Waals surface area (Å²) in [7, 11) is 0. The number of esters is 1. The van der Waals surface area contributed by atoms with Gasteiger partial charge in [-0.25, -0.2) is 14.8 Å². The van der Waals surface area contributed by atoms with E-state index in [2.05, 4.69) is 19.7 Å². The topological polar surface area (TPSA) is 106 Å². The number of carbonyl (C=O) groups is 2. The average Bonchev–Trinajstić information content (AvgIpc) is 2.62. The number of carbonyl (C=O) groups excluding carboxylic acids is 2. The minimum absolute atomic E-state index is 0.179. The van der Waals surface area contributed by atoms with Gasteiger partial charge in [-0.2, -0.15) is 13.2 Å². The molecule has 0 aromatic carbocycles. The number of hydrogen-bond donors (Lipinski definition) is 2. The van der Waals surface area contributed by atoms with Gasteiger partial charge in [-0.1, -0.05) is 0 Å². The minimum atomic E-state index is -5.27. The number of pyridine rings is 1. The maximum Gasteiger partial charge on any atom is 0.442 e. The Balaban J connectivity index is 2.47. The Morgan fingerprint density at radius 1 is 1.15 bits per heavy atom. The van der Waals surface area contributed by atoms with Crippen LogP contribution < -0.4 is 10.6 Å². The Hall–Kier alpha value is -3.24. The summed E-state index contributed by atoms with van der Waals surface area (Å²) in [6, 6.07) is 3.98. The first-order chi connectivity index (χ1) is 12.3. The third kappa shape index (κ3) is 4.05. The van der Waals surface area contributed by atoms with Crippen molar-refractivity contribution in [1.29, 1.82) is 0 Å². The van der Waals surface area contributed by atoms with Crippen LogP contribution in [0, 0.1) is 0 Å². The summed E-state index contributed by atoms with van der Waals surface area (Å²) in [5.41, 5.74) is -3.77. The number of rotatable bonds is 6. The Morgan fingerprint density at radius 2 is 1.85 bits per heavy atom. The number of alkyl halides is 3. The van der Waals surface area contributed by atoms with Gasteiger partial charge in [0.2, 0.25) is 5.95 Å². The summed E-state index contributed by atoms with van der Waals surface area (Å²) in [5, 5.41) is 3.49. The molecule has 0 radical (unpaired) electrons. The maximum absolute atomic E-state index is 13.9. The zero-order valence-corrected chi connectivity index (χ0v) is 13.4. The van der Waals surface area contributed by atoms with Gasteiger partial charge in [0.05, 0.1) is 12.2 Å². The van der Waals surface area contributed by atoms with E-state index >= 15 is 0 Å². The van der Waals surface area contributed by atoms with Crippen molar-refractivity contribution < 1.29 is 27.5 Å². The van der Waals surface area contributed by atoms with Crippen molar-refractivity contribution in [3.8, 4) is 0 Å². The zero-order valence-electron chi connectivity index (χ0n) is 13.4. The van der Waals surface area contributed by atoms with Crippen LogP contribution in [0.3, 0.4) is 0 Å². The fourth-order valence-corrected chi connectivity index (χ4v) is 1.90. The number of amides is 1. The smallest absolute Gasteiger partial charge is 0.442 e. The summed E-state index contributed by atoms with van der Waals surface area (Å²) < 4.78 is 46.1. The van der Waals surface area contributed by atoms with Gasteiger partial charge in [0, 0.05) is 24.8 Å². The van der Waals surface area contributed by atoms with E-state index in [1.54, 1.807) is 5.32 Å². The van der Waals surface area contributed by atoms with E-state index in [4.69, 9.17) is 0 Å². The quantitative estimate of drug-likeness (QED) is 0.588. The molecule has 1 amide bonds. The lowest BCUT2D eigenvalue weighted by Gasteiger charge is -2.34. The summed E-state index contributed by atoms with van der Waals surface area (Å²) >= 11 is 0. The van der Waals surface area contributed by atoms with E-state index < -0.39 is 29.7 Å². The first kappa shape index (κ1) is 19.1. The molecule has 0 aliphatic rings. The molecule has 2 rings (SSSR count). The second kappa shape index (κ2) is 7.76. The minimum Gasteiger partial charge on any atom is -0.463 e. The largest absolute Gasteiger partial charge is 0.463 e. The molecule has 8 nitrogen and oxygen atoms in total. The molecule has 0 unspecified atom stereocenters. The van der Waals surface area contributed by atoms with Crippen LogP contribution in [0.5, 0.6) is 0 Å². The predicted octanol–water partition coefficient (Wildman–Crippen LogP) is 1.54. The van der Waals surface area contributed by atoms with Crippen LogP contribution in [0.4, 0.5) is 19.1 Å². The highest BCUT2D eigenvalue weighted by molar-refractivity contribution is 5.99. The lowest BCUT2D eigenvalue weighted by atomic mass is 10.1. The van der Waals surface area contributed by atoms with Gasteiger partial charge in [-0.15, -0.1) is 0 Å². The Morgan fingerprint density at radius 3 is 2.38 bits per heavy atom. The molecule has 0 aliphatic carbocycles. The van der Waals surface area contributed by atoms with Crippen LogP contribution in [0.2, 0.25) is 0 Å². The molecule has 0 fully saturated rings. The number of aromatic nitrogens is 3. The zero-order chi connectivity index (χ0) is 19.2. The highest BCUT2D eigenvalue weighted by atomic mass is 19.4. The van der Waals surface area contributed by atoms with Crippen molar-refractivity contribution in [2.24, 2.45) is 0 Å². The summed E-state index contributed by atoms with van der Waals surface area (Å²) in [6.45, 7) is 0.998. The summed E-state index contributed by atoms with van der Waals surface area (Å²) in [6.07, 6.45) is -0.527. The third-order valence-corrected chi connectivity index (χ3v) is 3.10. The van der Waals surface area contributed by atoms with Crippen molar-refractivity contribution >= 4 is 17.8 Å². The number of ether oxygens (including phenoxy) is 1. The van der Waals surface area contributed by atoms with Gasteiger partial charge < -0.3 is 15.4 Å². The van der Waals surface area contributed by atoms with E-state index in [1.165, 1.54) is 43.7 Å². The average molecular weight is 369 g/mol. The first-order valence-electron chi connectivity index (χ1n) is 7.32. The molecule has 0 saturated heterocycles. The van der Waals surface area contributed by atoms with E-state index in [9.17, 15) is 22.8 Å². The van der Waals surface area contributed by atoms with Crippen molar-refractivity contribution in [3.05, 3.63) is 48.5 Å². The van der Waals surface area contributed by atoms with Crippen molar-refractivity contribution in [2.45, 2.75) is 18.8 Å². The predicted molar refractivity (Wildman–Crippen MR) is 82.8 cm³/mol. The van der Waals surface area contributed by atoms with Crippen molar-refractivity contribution in [3.63, 3.8) is 0 Å². The molecule has 2 N–H and O–H groups in total. The highest BCUT2D eigenvalue weighted by Crippen LogP contribution is 2.32. The second-order valence-electron chi connectivity index (χ2n) is 4.86. The van der Waals surface area contributed by atoms with E-state index in [-0.39, 0.29) is 12.2 Å². The Bertz CT molecular complexity index is 758. The number of hydrogen-bond acceptors (Lipinski definition) is 7. The number of anilines is 1. The van der Waals surface area contributed by atoms with E-state index in [0.29, 0.717) is 0 Å². The van der Waals surface area contributed by atoms with E-state index in [1.807, 2.05) is 5.32 Å². The molecular formula is C15H14F3N5O3. The Labute approximate surface area is 145 Å². The van der Waals surface area contributed by atoms with Gasteiger partial charge in [-0.3, -0.25) is 9.78 Å². The van der Waals surface area contributed by atoms with E-state index in [0.717, 1.165) is 6.20 Å². The fraction of sp³-hybridized carbons (Fsp3) is 0.267. The molecule has 0 saturated carbocycles. The number of nitrogens with zero attached hydrogens (tertiary/aromatic N) is 3. The molecular weight excluding hydrogens is 355 g/mol. The Kier molecular flexibility index (Phi) is 5.70. The number of halogens is 3. The first-order valence-corrected chi connectivity index (χ1v) is 7.32. The maximum atomic E-state index is 13.9. The molecule has 1 atom stereocenters. The molecule has 26 heavy (non-hydrogen) atoms. The van der Waals surface area contributed by atoms with Crippen LogP contribution in [0.15, 0.2) is 43.0 Å². The molecule has 0 bridgehead atoms. The van der Waals surface area contributed by atoms with Crippen LogP contribution in [0.1, 0.15) is 17.3 Å². The monoisotopic (exact) mass is 369 g/mol. The normalized spacial score (nSPS) is 13.4. The molecule has 0 aliphatic heterocycles. The molecule has 2 aromatic heterocycles. The lowest BCUT2D eigenvalue weighted by Crippen LogP contribution is -2.69. The van der Waals surface area contributed by atoms with Gasteiger partial charge in [0.25, 0.3) is 5.91 Å². The summed E-state index contributed by atoms with van der Waals surface area (Å²) in [4.78, 5) is 35.3. The highest BCUT2D eigenvalue weighted by Gasteiger charge is 2.64. The fourth-order valence-electron chi connectivity index (χ4n) is 1.90. The van der Waals surface area contributed by atoms with Crippen LogP contribution in [-0.4, -0.2) is 45.3 Å².